The molecule has 1 aliphatic rings. The van der Waals surface area contributed by atoms with Crippen LogP contribution in [0.5, 0.6) is 0 Å². The highest BCUT2D eigenvalue weighted by Gasteiger charge is 2.30. The normalized spacial score (nSPS) is 15.9. The summed E-state index contributed by atoms with van der Waals surface area (Å²) in [5, 5.41) is 16.3. The van der Waals surface area contributed by atoms with Gasteiger partial charge >= 0.3 is 6.03 Å². The first-order chi connectivity index (χ1) is 12.1. The third-order valence-corrected chi connectivity index (χ3v) is 4.91. The van der Waals surface area contributed by atoms with Gasteiger partial charge in [-0.3, -0.25) is 0 Å². The fourth-order valence-corrected chi connectivity index (χ4v) is 3.62. The fourth-order valence-electron chi connectivity index (χ4n) is 3.62. The molecule has 0 bridgehead atoms. The lowest BCUT2D eigenvalue weighted by molar-refractivity contribution is 0.151. The van der Waals surface area contributed by atoms with Gasteiger partial charge in [-0.15, -0.1) is 0 Å². The van der Waals surface area contributed by atoms with E-state index in [4.69, 9.17) is 4.52 Å². The maximum Gasteiger partial charge on any atom is 0.318 e. The molecule has 0 saturated carbocycles. The quantitative estimate of drug-likeness (QED) is 0.845. The van der Waals surface area contributed by atoms with Crippen LogP contribution in [-0.4, -0.2) is 40.9 Å². The van der Waals surface area contributed by atoms with Crippen molar-refractivity contribution in [1.82, 2.24) is 15.4 Å². The average molecular weight is 343 g/mol. The van der Waals surface area contributed by atoms with E-state index >= 15 is 0 Å². The number of carbonyl (C=O) groups is 1. The number of rotatable bonds is 6. The van der Waals surface area contributed by atoms with Crippen LogP contribution in [0.2, 0.25) is 0 Å². The van der Waals surface area contributed by atoms with Crippen molar-refractivity contribution < 1.29 is 14.4 Å². The van der Waals surface area contributed by atoms with Crippen molar-refractivity contribution >= 4 is 6.03 Å². The van der Waals surface area contributed by atoms with Crippen molar-refractivity contribution in [3.05, 3.63) is 52.4 Å². The number of carbonyl (C=O) groups excluding carboxylic acids is 1. The molecule has 2 N–H and O–H groups in total. The summed E-state index contributed by atoms with van der Waals surface area (Å²) in [6, 6.07) is 8.12. The van der Waals surface area contributed by atoms with Crippen LogP contribution in [0.15, 0.2) is 28.8 Å². The smallest absolute Gasteiger partial charge is 0.318 e. The molecule has 6 nitrogen and oxygen atoms in total. The predicted molar refractivity (Wildman–Crippen MR) is 94.4 cm³/mol. The lowest BCUT2D eigenvalue weighted by atomic mass is 10.1. The van der Waals surface area contributed by atoms with Gasteiger partial charge < -0.3 is 19.8 Å². The number of nitrogens with zero attached hydrogens (tertiary/aromatic N) is 2. The molecule has 25 heavy (non-hydrogen) atoms. The topological polar surface area (TPSA) is 78.6 Å². The lowest BCUT2D eigenvalue weighted by Crippen LogP contribution is -2.43. The molecule has 0 spiro atoms. The summed E-state index contributed by atoms with van der Waals surface area (Å²) in [5.41, 5.74) is 4.39. The molecule has 0 aliphatic heterocycles. The molecule has 1 unspecified atom stereocenters. The number of aryl methyl sites for hydroxylation is 3. The molecule has 2 aromatic rings. The maximum atomic E-state index is 12.7. The Morgan fingerprint density at radius 2 is 2.20 bits per heavy atom. The van der Waals surface area contributed by atoms with E-state index in [0.29, 0.717) is 19.5 Å². The van der Waals surface area contributed by atoms with E-state index in [1.165, 1.54) is 11.1 Å². The molecule has 1 aliphatic carbocycles. The first-order valence-corrected chi connectivity index (χ1v) is 8.76. The summed E-state index contributed by atoms with van der Waals surface area (Å²) in [7, 11) is 0. The largest absolute Gasteiger partial charge is 0.395 e. The Labute approximate surface area is 147 Å². The van der Waals surface area contributed by atoms with Crippen molar-refractivity contribution in [1.29, 1.82) is 0 Å². The number of fused-ring (bicyclic) bond motifs is 1. The number of urea groups is 1. The van der Waals surface area contributed by atoms with E-state index in [0.717, 1.165) is 29.9 Å². The molecule has 0 saturated heterocycles. The molecular formula is C19H25N3O3. The molecule has 0 fully saturated rings. The van der Waals surface area contributed by atoms with E-state index in [-0.39, 0.29) is 18.7 Å². The molecule has 1 atom stereocenters. The molecule has 134 valence electrons. The predicted octanol–water partition coefficient (Wildman–Crippen LogP) is 2.53. The minimum Gasteiger partial charge on any atom is -0.395 e. The number of aliphatic hydroxyl groups is 1. The standard InChI is InChI=1S/C19H25N3O3/c1-13-16(14(2)25-21-13)9-10-20-19(24)22(11-12-23)18-8-7-15-5-3-4-6-17(15)18/h3-6,18,23H,7-12H2,1-2H3,(H,20,24). The summed E-state index contributed by atoms with van der Waals surface area (Å²) in [4.78, 5) is 14.4. The highest BCUT2D eigenvalue weighted by Crippen LogP contribution is 2.35. The first kappa shape index (κ1) is 17.5. The van der Waals surface area contributed by atoms with Crippen LogP contribution in [-0.2, 0) is 12.8 Å². The number of aromatic nitrogens is 1. The second-order valence-electron chi connectivity index (χ2n) is 6.45. The Hall–Kier alpha value is -2.34. The fraction of sp³-hybridized carbons (Fsp3) is 0.474. The van der Waals surface area contributed by atoms with Crippen LogP contribution >= 0.6 is 0 Å². The van der Waals surface area contributed by atoms with E-state index in [1.54, 1.807) is 4.90 Å². The van der Waals surface area contributed by atoms with E-state index < -0.39 is 0 Å². The van der Waals surface area contributed by atoms with Gasteiger partial charge in [-0.05, 0) is 44.2 Å². The monoisotopic (exact) mass is 343 g/mol. The molecule has 6 heteroatoms. The van der Waals surface area contributed by atoms with Crippen molar-refractivity contribution in [3.8, 4) is 0 Å². The lowest BCUT2D eigenvalue weighted by Gasteiger charge is -2.29. The number of aliphatic hydroxyl groups excluding tert-OH is 1. The highest BCUT2D eigenvalue weighted by atomic mass is 16.5. The summed E-state index contributed by atoms with van der Waals surface area (Å²) in [5.74, 6) is 0.795. The highest BCUT2D eigenvalue weighted by molar-refractivity contribution is 5.75. The van der Waals surface area contributed by atoms with Crippen LogP contribution in [0.1, 0.15) is 40.6 Å². The van der Waals surface area contributed by atoms with Gasteiger partial charge in [0.05, 0.1) is 18.3 Å². The number of hydrogen-bond acceptors (Lipinski definition) is 4. The Balaban J connectivity index is 1.64. The van der Waals surface area contributed by atoms with Gasteiger partial charge in [0.2, 0.25) is 0 Å². The zero-order valence-corrected chi connectivity index (χ0v) is 14.8. The first-order valence-electron chi connectivity index (χ1n) is 8.76. The van der Waals surface area contributed by atoms with Gasteiger partial charge in [-0.25, -0.2) is 4.79 Å². The molecule has 1 heterocycles. The van der Waals surface area contributed by atoms with Gasteiger partial charge in [0.25, 0.3) is 0 Å². The minimum absolute atomic E-state index is 0.0300. The number of amides is 2. The number of hydrogen-bond donors (Lipinski definition) is 2. The average Bonchev–Trinajstić information content (AvgIpc) is 3.17. The minimum atomic E-state index is -0.137. The Morgan fingerprint density at radius 1 is 1.40 bits per heavy atom. The van der Waals surface area contributed by atoms with Crippen molar-refractivity contribution in [2.75, 3.05) is 19.7 Å². The van der Waals surface area contributed by atoms with E-state index in [2.05, 4.69) is 22.6 Å². The molecule has 3 rings (SSSR count). The molecule has 0 radical (unpaired) electrons. The van der Waals surface area contributed by atoms with Crippen LogP contribution in [0.25, 0.3) is 0 Å². The maximum absolute atomic E-state index is 12.7. The van der Waals surface area contributed by atoms with Crippen molar-refractivity contribution in [2.24, 2.45) is 0 Å². The summed E-state index contributed by atoms with van der Waals surface area (Å²) >= 11 is 0. The number of nitrogens with one attached hydrogen (secondary N) is 1. The second-order valence-corrected chi connectivity index (χ2v) is 6.45. The van der Waals surface area contributed by atoms with Gasteiger partial charge in [0.15, 0.2) is 0 Å². The van der Waals surface area contributed by atoms with Crippen LogP contribution in [0, 0.1) is 13.8 Å². The van der Waals surface area contributed by atoms with Crippen LogP contribution in [0.4, 0.5) is 4.79 Å². The SMILES string of the molecule is Cc1noc(C)c1CCNC(=O)N(CCO)C1CCc2ccccc21. The molecule has 2 amide bonds. The Morgan fingerprint density at radius 3 is 2.92 bits per heavy atom. The van der Waals surface area contributed by atoms with E-state index in [9.17, 15) is 9.90 Å². The number of benzene rings is 1. The van der Waals surface area contributed by atoms with Crippen LogP contribution < -0.4 is 5.32 Å². The Kier molecular flexibility index (Phi) is 5.38. The molecule has 1 aromatic carbocycles. The zero-order valence-electron chi connectivity index (χ0n) is 14.8. The summed E-state index contributed by atoms with van der Waals surface area (Å²) in [6.07, 6.45) is 2.55. The second kappa shape index (κ2) is 7.70. The van der Waals surface area contributed by atoms with Gasteiger partial charge in [0, 0.05) is 18.7 Å². The van der Waals surface area contributed by atoms with Gasteiger partial charge in [0.1, 0.15) is 5.76 Å². The Bertz CT molecular complexity index is 722. The summed E-state index contributed by atoms with van der Waals surface area (Å²) in [6.45, 7) is 4.58. The van der Waals surface area contributed by atoms with E-state index in [1.807, 2.05) is 26.0 Å². The molecular weight excluding hydrogens is 318 g/mol. The molecule has 1 aromatic heterocycles. The van der Waals surface area contributed by atoms with Crippen molar-refractivity contribution in [2.45, 2.75) is 39.2 Å². The zero-order chi connectivity index (χ0) is 17.8. The summed E-state index contributed by atoms with van der Waals surface area (Å²) < 4.78 is 5.15. The third kappa shape index (κ3) is 3.69. The van der Waals surface area contributed by atoms with Gasteiger partial charge in [-0.2, -0.15) is 0 Å². The van der Waals surface area contributed by atoms with Crippen LogP contribution in [0.3, 0.4) is 0 Å². The third-order valence-electron chi connectivity index (χ3n) is 4.91. The van der Waals surface area contributed by atoms with Crippen molar-refractivity contribution in [3.63, 3.8) is 0 Å². The van der Waals surface area contributed by atoms with Gasteiger partial charge in [-0.1, -0.05) is 29.4 Å².